The van der Waals surface area contributed by atoms with Crippen LogP contribution in [0.4, 0.5) is 0 Å². The summed E-state index contributed by atoms with van der Waals surface area (Å²) in [6.07, 6.45) is 2.74. The van der Waals surface area contributed by atoms with Gasteiger partial charge in [-0.05, 0) is 29.7 Å². The van der Waals surface area contributed by atoms with Gasteiger partial charge in [0.25, 0.3) is 0 Å². The number of allylic oxidation sites excluding steroid dienone is 2. The van der Waals surface area contributed by atoms with Gasteiger partial charge in [-0.1, -0.05) is 6.08 Å². The highest BCUT2D eigenvalue weighted by Gasteiger charge is 2.21. The van der Waals surface area contributed by atoms with Crippen LogP contribution in [-0.4, -0.2) is 6.79 Å². The number of nitrogens with zero attached hydrogens (tertiary/aromatic N) is 1. The molecule has 0 N–H and O–H groups in total. The van der Waals surface area contributed by atoms with Gasteiger partial charge >= 0.3 is 0 Å². The molecule has 0 bridgehead atoms. The minimum Gasteiger partial charge on any atom is -0.454 e. The van der Waals surface area contributed by atoms with Gasteiger partial charge in [0, 0.05) is 0 Å². The predicted molar refractivity (Wildman–Crippen MR) is 49.9 cm³/mol. The Morgan fingerprint density at radius 2 is 2.00 bits per heavy atom. The first-order valence-electron chi connectivity index (χ1n) is 4.41. The van der Waals surface area contributed by atoms with E-state index in [0.29, 0.717) is 0 Å². The summed E-state index contributed by atoms with van der Waals surface area (Å²) in [4.78, 5) is 0. The van der Waals surface area contributed by atoms with Crippen molar-refractivity contribution in [2.75, 3.05) is 6.79 Å². The first-order chi connectivity index (χ1) is 6.88. The second-order valence-corrected chi connectivity index (χ2v) is 3.30. The molecular formula is C11H7NO2. The van der Waals surface area contributed by atoms with E-state index < -0.39 is 0 Å². The second-order valence-electron chi connectivity index (χ2n) is 3.30. The summed E-state index contributed by atoms with van der Waals surface area (Å²) in [6, 6.07) is 6.02. The van der Waals surface area contributed by atoms with Crippen molar-refractivity contribution in [2.45, 2.75) is 6.42 Å². The van der Waals surface area contributed by atoms with Crippen molar-refractivity contribution in [2.24, 2.45) is 0 Å². The number of fused-ring (bicyclic) bond motifs is 2. The summed E-state index contributed by atoms with van der Waals surface area (Å²) in [5.41, 5.74) is 2.86. The fourth-order valence-electron chi connectivity index (χ4n) is 1.83. The number of ether oxygens (including phenoxy) is 2. The van der Waals surface area contributed by atoms with Gasteiger partial charge in [-0.3, -0.25) is 0 Å². The van der Waals surface area contributed by atoms with Crippen molar-refractivity contribution in [3.8, 4) is 17.6 Å². The van der Waals surface area contributed by atoms with Gasteiger partial charge in [0.15, 0.2) is 11.5 Å². The lowest BCUT2D eigenvalue weighted by atomic mass is 10.1. The fourth-order valence-corrected chi connectivity index (χ4v) is 1.83. The number of rotatable bonds is 0. The van der Waals surface area contributed by atoms with Crippen LogP contribution in [0.5, 0.6) is 11.5 Å². The highest BCUT2D eigenvalue weighted by Crippen LogP contribution is 2.39. The molecule has 0 radical (unpaired) electrons. The maximum absolute atomic E-state index is 8.87. The molecule has 2 aliphatic rings. The zero-order valence-corrected chi connectivity index (χ0v) is 7.41. The Hall–Kier alpha value is -1.95. The highest BCUT2D eigenvalue weighted by atomic mass is 16.7. The Bertz CT molecular complexity index is 483. The number of nitriles is 1. The van der Waals surface area contributed by atoms with Gasteiger partial charge < -0.3 is 9.47 Å². The van der Waals surface area contributed by atoms with Crippen LogP contribution in [0.3, 0.4) is 0 Å². The summed E-state index contributed by atoms with van der Waals surface area (Å²) in [5.74, 6) is 1.53. The molecule has 3 heteroatoms. The van der Waals surface area contributed by atoms with Gasteiger partial charge in [-0.2, -0.15) is 5.26 Å². The van der Waals surface area contributed by atoms with E-state index in [0.717, 1.165) is 34.6 Å². The van der Waals surface area contributed by atoms with Crippen molar-refractivity contribution in [1.29, 1.82) is 5.26 Å². The molecule has 1 aliphatic heterocycles. The Kier molecular flexibility index (Phi) is 1.34. The molecule has 0 unspecified atom stereocenters. The average molecular weight is 185 g/mol. The molecule has 0 fully saturated rings. The van der Waals surface area contributed by atoms with Gasteiger partial charge in [0.1, 0.15) is 0 Å². The minimum absolute atomic E-state index is 0.282. The van der Waals surface area contributed by atoms with E-state index in [-0.39, 0.29) is 6.79 Å². The lowest BCUT2D eigenvalue weighted by molar-refractivity contribution is 0.174. The highest BCUT2D eigenvalue weighted by molar-refractivity contribution is 5.83. The normalized spacial score (nSPS) is 16.1. The first kappa shape index (κ1) is 7.45. The molecule has 1 aromatic rings. The molecule has 3 nitrogen and oxygen atoms in total. The third kappa shape index (κ3) is 0.854. The SMILES string of the molecule is N#CC1=CCc2cc3c(cc21)OCO3. The van der Waals surface area contributed by atoms with E-state index in [4.69, 9.17) is 14.7 Å². The maximum atomic E-state index is 8.87. The van der Waals surface area contributed by atoms with Gasteiger partial charge in [-0.15, -0.1) is 0 Å². The molecule has 1 aromatic carbocycles. The molecule has 1 aliphatic carbocycles. The van der Waals surface area contributed by atoms with Gasteiger partial charge in [0.05, 0.1) is 11.6 Å². The zero-order valence-electron chi connectivity index (χ0n) is 7.41. The second kappa shape index (κ2) is 2.52. The van der Waals surface area contributed by atoms with Crippen molar-refractivity contribution in [3.63, 3.8) is 0 Å². The number of hydrogen-bond donors (Lipinski definition) is 0. The summed E-state index contributed by atoms with van der Waals surface area (Å²) in [5, 5.41) is 8.87. The van der Waals surface area contributed by atoms with Crippen LogP contribution < -0.4 is 9.47 Å². The van der Waals surface area contributed by atoms with Crippen molar-refractivity contribution in [3.05, 3.63) is 29.3 Å². The quantitative estimate of drug-likeness (QED) is 0.619. The lowest BCUT2D eigenvalue weighted by Crippen LogP contribution is -1.92. The molecule has 0 aromatic heterocycles. The van der Waals surface area contributed by atoms with E-state index in [2.05, 4.69) is 6.07 Å². The summed E-state index contributed by atoms with van der Waals surface area (Å²) in [6.45, 7) is 0.282. The van der Waals surface area contributed by atoms with E-state index in [1.54, 1.807) is 0 Å². The Labute approximate surface area is 81.2 Å². The zero-order chi connectivity index (χ0) is 9.54. The van der Waals surface area contributed by atoms with E-state index in [1.165, 1.54) is 0 Å². The third-order valence-corrected chi connectivity index (χ3v) is 2.54. The number of hydrogen-bond acceptors (Lipinski definition) is 3. The molecule has 0 amide bonds. The van der Waals surface area contributed by atoms with E-state index >= 15 is 0 Å². The largest absolute Gasteiger partial charge is 0.454 e. The Morgan fingerprint density at radius 1 is 1.21 bits per heavy atom. The topological polar surface area (TPSA) is 42.2 Å². The van der Waals surface area contributed by atoms with Crippen molar-refractivity contribution < 1.29 is 9.47 Å². The fraction of sp³-hybridized carbons (Fsp3) is 0.182. The van der Waals surface area contributed by atoms with Gasteiger partial charge in [0.2, 0.25) is 6.79 Å². The van der Waals surface area contributed by atoms with Crippen LogP contribution in [0, 0.1) is 11.3 Å². The van der Waals surface area contributed by atoms with Crippen LogP contribution in [-0.2, 0) is 6.42 Å². The maximum Gasteiger partial charge on any atom is 0.231 e. The molecular weight excluding hydrogens is 178 g/mol. The third-order valence-electron chi connectivity index (χ3n) is 2.54. The van der Waals surface area contributed by atoms with E-state index in [9.17, 15) is 0 Å². The molecule has 0 saturated heterocycles. The van der Waals surface area contributed by atoms with Crippen LogP contribution in [0.1, 0.15) is 11.1 Å². The summed E-state index contributed by atoms with van der Waals surface area (Å²) in [7, 11) is 0. The molecule has 1 heterocycles. The molecule has 68 valence electrons. The smallest absolute Gasteiger partial charge is 0.231 e. The lowest BCUT2D eigenvalue weighted by Gasteiger charge is -2.02. The standard InChI is InChI=1S/C11H7NO2/c12-5-8-2-1-7-3-10-11(4-9(7)8)14-6-13-10/h2-4H,1,6H2. The first-order valence-corrected chi connectivity index (χ1v) is 4.41. The molecule has 3 rings (SSSR count). The summed E-state index contributed by atoms with van der Waals surface area (Å²) >= 11 is 0. The Morgan fingerprint density at radius 3 is 2.79 bits per heavy atom. The minimum atomic E-state index is 0.282. The van der Waals surface area contributed by atoms with E-state index in [1.807, 2.05) is 18.2 Å². The molecule has 0 saturated carbocycles. The average Bonchev–Trinajstić information content (AvgIpc) is 2.78. The van der Waals surface area contributed by atoms with Crippen LogP contribution in [0.2, 0.25) is 0 Å². The Balaban J connectivity index is 2.19. The predicted octanol–water partition coefficient (Wildman–Crippen LogP) is 1.88. The molecule has 0 spiro atoms. The van der Waals surface area contributed by atoms with Gasteiger partial charge in [-0.25, -0.2) is 0 Å². The molecule has 14 heavy (non-hydrogen) atoms. The van der Waals surface area contributed by atoms with Crippen LogP contribution in [0.15, 0.2) is 18.2 Å². The number of benzene rings is 1. The summed E-state index contributed by atoms with van der Waals surface area (Å²) < 4.78 is 10.5. The van der Waals surface area contributed by atoms with Crippen LogP contribution >= 0.6 is 0 Å². The van der Waals surface area contributed by atoms with Crippen molar-refractivity contribution in [1.82, 2.24) is 0 Å². The molecule has 0 atom stereocenters. The monoisotopic (exact) mass is 185 g/mol. The van der Waals surface area contributed by atoms with Crippen LogP contribution in [0.25, 0.3) is 5.57 Å². The van der Waals surface area contributed by atoms with Crippen molar-refractivity contribution >= 4 is 5.57 Å².